The lowest BCUT2D eigenvalue weighted by Gasteiger charge is -2.32. The Hall–Kier alpha value is -1.39. The van der Waals surface area contributed by atoms with Gasteiger partial charge in [-0.1, -0.05) is 25.1 Å². The molecule has 1 aliphatic heterocycles. The molecule has 0 bridgehead atoms. The van der Waals surface area contributed by atoms with Gasteiger partial charge in [0.15, 0.2) is 6.54 Å². The van der Waals surface area contributed by atoms with E-state index in [4.69, 9.17) is 4.74 Å². The van der Waals surface area contributed by atoms with Crippen LogP contribution in [0.3, 0.4) is 0 Å². The maximum Gasteiger partial charge on any atom is 0.279 e. The molecule has 0 radical (unpaired) electrons. The standard InChI is InChI=1S/C17H26N2O2/c1-5-15-8-6-7-12(2)17(15)18-16(20)11-19-9-13(3)21-14(4)10-19/h6-8,13-14H,5,9-11H2,1-4H3,(H,18,20)/p+1/t13-,14-/m0/s1. The predicted molar refractivity (Wildman–Crippen MR) is 84.8 cm³/mol. The van der Waals surface area contributed by atoms with E-state index in [1.54, 1.807) is 0 Å². The number of morpholine rings is 1. The molecule has 1 saturated heterocycles. The van der Waals surface area contributed by atoms with E-state index in [0.717, 1.165) is 30.8 Å². The maximum atomic E-state index is 12.3. The number of ether oxygens (including phenoxy) is 1. The molecule has 0 unspecified atom stereocenters. The molecule has 1 amide bonds. The molecule has 0 aliphatic carbocycles. The first-order valence-corrected chi connectivity index (χ1v) is 7.87. The van der Waals surface area contributed by atoms with Gasteiger partial charge in [0.1, 0.15) is 25.3 Å². The number of amides is 1. The Morgan fingerprint density at radius 3 is 2.62 bits per heavy atom. The molecule has 2 atom stereocenters. The molecule has 1 aliphatic rings. The molecule has 1 aromatic carbocycles. The SMILES string of the molecule is CCc1cccc(C)c1NC(=O)C[NH+]1C[C@H](C)O[C@@H](C)C1. The highest BCUT2D eigenvalue weighted by atomic mass is 16.5. The number of anilines is 1. The minimum Gasteiger partial charge on any atom is -0.364 e. The zero-order chi connectivity index (χ0) is 15.4. The molecular weight excluding hydrogens is 264 g/mol. The van der Waals surface area contributed by atoms with E-state index >= 15 is 0 Å². The number of rotatable bonds is 4. The molecule has 4 nitrogen and oxygen atoms in total. The summed E-state index contributed by atoms with van der Waals surface area (Å²) in [6, 6.07) is 6.16. The van der Waals surface area contributed by atoms with Gasteiger partial charge in [0.25, 0.3) is 5.91 Å². The molecule has 0 spiro atoms. The third kappa shape index (κ3) is 4.29. The summed E-state index contributed by atoms with van der Waals surface area (Å²) in [4.78, 5) is 13.6. The predicted octanol–water partition coefficient (Wildman–Crippen LogP) is 1.19. The fraction of sp³-hybridized carbons (Fsp3) is 0.588. The van der Waals surface area contributed by atoms with E-state index in [1.807, 2.05) is 19.1 Å². The normalized spacial score (nSPS) is 25.6. The lowest BCUT2D eigenvalue weighted by atomic mass is 10.1. The van der Waals surface area contributed by atoms with Crippen LogP contribution in [0.15, 0.2) is 18.2 Å². The van der Waals surface area contributed by atoms with E-state index in [1.165, 1.54) is 10.5 Å². The number of nitrogens with one attached hydrogen (secondary N) is 2. The van der Waals surface area contributed by atoms with Crippen molar-refractivity contribution in [3.63, 3.8) is 0 Å². The molecule has 4 heteroatoms. The second kappa shape index (κ2) is 7.05. The van der Waals surface area contributed by atoms with Crippen LogP contribution < -0.4 is 10.2 Å². The summed E-state index contributed by atoms with van der Waals surface area (Å²) < 4.78 is 5.72. The van der Waals surface area contributed by atoms with Crippen LogP contribution in [0, 0.1) is 6.92 Å². The molecule has 2 rings (SSSR count). The summed E-state index contributed by atoms with van der Waals surface area (Å²) in [6.07, 6.45) is 1.37. The van der Waals surface area contributed by atoms with Gasteiger partial charge in [0.05, 0.1) is 0 Å². The summed E-state index contributed by atoms with van der Waals surface area (Å²) in [5, 5.41) is 3.11. The molecule has 0 aromatic heterocycles. The number of aryl methyl sites for hydroxylation is 2. The number of para-hydroxylation sites is 1. The second-order valence-corrected chi connectivity index (χ2v) is 6.10. The summed E-state index contributed by atoms with van der Waals surface area (Å²) in [7, 11) is 0. The van der Waals surface area contributed by atoms with Gasteiger partial charge in [-0.05, 0) is 38.3 Å². The van der Waals surface area contributed by atoms with Crippen molar-refractivity contribution in [3.05, 3.63) is 29.3 Å². The fourth-order valence-corrected chi connectivity index (χ4v) is 3.15. The van der Waals surface area contributed by atoms with E-state index in [2.05, 4.69) is 32.2 Å². The third-order valence-corrected chi connectivity index (χ3v) is 4.03. The van der Waals surface area contributed by atoms with Gasteiger partial charge in [0, 0.05) is 5.69 Å². The van der Waals surface area contributed by atoms with Crippen LogP contribution in [0.5, 0.6) is 0 Å². The highest BCUT2D eigenvalue weighted by Crippen LogP contribution is 2.20. The van der Waals surface area contributed by atoms with Crippen LogP contribution in [0.1, 0.15) is 31.9 Å². The number of benzene rings is 1. The first-order valence-electron chi connectivity index (χ1n) is 7.87. The molecule has 1 heterocycles. The van der Waals surface area contributed by atoms with Crippen LogP contribution in [-0.4, -0.2) is 37.7 Å². The van der Waals surface area contributed by atoms with Crippen molar-refractivity contribution in [3.8, 4) is 0 Å². The van der Waals surface area contributed by atoms with E-state index in [0.29, 0.717) is 6.54 Å². The van der Waals surface area contributed by atoms with Gasteiger partial charge in [-0.2, -0.15) is 0 Å². The first kappa shape index (κ1) is 16.0. The Bertz CT molecular complexity index is 492. The van der Waals surface area contributed by atoms with Crippen LogP contribution in [0.2, 0.25) is 0 Å². The van der Waals surface area contributed by atoms with Crippen molar-refractivity contribution < 1.29 is 14.4 Å². The van der Waals surface area contributed by atoms with E-state index in [-0.39, 0.29) is 18.1 Å². The van der Waals surface area contributed by atoms with Crippen molar-refractivity contribution in [2.75, 3.05) is 25.0 Å². The highest BCUT2D eigenvalue weighted by molar-refractivity contribution is 5.93. The van der Waals surface area contributed by atoms with Crippen LogP contribution in [0.4, 0.5) is 5.69 Å². The Kier molecular flexibility index (Phi) is 5.37. The van der Waals surface area contributed by atoms with Gasteiger partial charge < -0.3 is 15.0 Å². The monoisotopic (exact) mass is 291 g/mol. The Morgan fingerprint density at radius 1 is 1.33 bits per heavy atom. The largest absolute Gasteiger partial charge is 0.364 e. The Labute approximate surface area is 127 Å². The zero-order valence-corrected chi connectivity index (χ0v) is 13.5. The number of quaternary nitrogens is 1. The van der Waals surface area contributed by atoms with Crippen molar-refractivity contribution >= 4 is 11.6 Å². The summed E-state index contributed by atoms with van der Waals surface area (Å²) in [6.45, 7) is 10.6. The average molecular weight is 291 g/mol. The molecule has 1 fully saturated rings. The van der Waals surface area contributed by atoms with E-state index in [9.17, 15) is 4.79 Å². The van der Waals surface area contributed by atoms with Gasteiger partial charge >= 0.3 is 0 Å². The quantitative estimate of drug-likeness (QED) is 0.875. The average Bonchev–Trinajstić information content (AvgIpc) is 2.39. The lowest BCUT2D eigenvalue weighted by molar-refractivity contribution is -0.907. The smallest absolute Gasteiger partial charge is 0.279 e. The van der Waals surface area contributed by atoms with Crippen LogP contribution >= 0.6 is 0 Å². The van der Waals surface area contributed by atoms with Gasteiger partial charge in [-0.25, -0.2) is 0 Å². The number of hydrogen-bond donors (Lipinski definition) is 2. The third-order valence-electron chi connectivity index (χ3n) is 4.03. The molecule has 1 aromatic rings. The van der Waals surface area contributed by atoms with Gasteiger partial charge in [-0.3, -0.25) is 4.79 Å². The number of carbonyl (C=O) groups is 1. The van der Waals surface area contributed by atoms with Crippen LogP contribution in [0.25, 0.3) is 0 Å². The Balaban J connectivity index is 1.99. The summed E-state index contributed by atoms with van der Waals surface area (Å²) in [5.74, 6) is 0.0929. The molecule has 21 heavy (non-hydrogen) atoms. The minimum absolute atomic E-state index is 0.0929. The summed E-state index contributed by atoms with van der Waals surface area (Å²) in [5.41, 5.74) is 3.31. The minimum atomic E-state index is 0.0929. The first-order chi connectivity index (χ1) is 9.99. The van der Waals surface area contributed by atoms with Crippen molar-refractivity contribution in [1.29, 1.82) is 0 Å². The highest BCUT2D eigenvalue weighted by Gasteiger charge is 2.27. The Morgan fingerprint density at radius 2 is 2.00 bits per heavy atom. The van der Waals surface area contributed by atoms with Crippen LogP contribution in [-0.2, 0) is 16.0 Å². The molecule has 0 saturated carbocycles. The second-order valence-electron chi connectivity index (χ2n) is 6.10. The number of carbonyl (C=O) groups excluding carboxylic acids is 1. The van der Waals surface area contributed by atoms with E-state index < -0.39 is 0 Å². The van der Waals surface area contributed by atoms with Crippen molar-refractivity contribution in [2.45, 2.75) is 46.3 Å². The maximum absolute atomic E-state index is 12.3. The topological polar surface area (TPSA) is 42.8 Å². The van der Waals surface area contributed by atoms with Gasteiger partial charge in [0.2, 0.25) is 0 Å². The fourth-order valence-electron chi connectivity index (χ4n) is 3.15. The summed E-state index contributed by atoms with van der Waals surface area (Å²) >= 11 is 0. The molecular formula is C17H27N2O2+. The molecule has 116 valence electrons. The lowest BCUT2D eigenvalue weighted by Crippen LogP contribution is -3.16. The zero-order valence-electron chi connectivity index (χ0n) is 13.5. The van der Waals surface area contributed by atoms with Gasteiger partial charge in [-0.15, -0.1) is 0 Å². The number of hydrogen-bond acceptors (Lipinski definition) is 2. The van der Waals surface area contributed by atoms with Crippen molar-refractivity contribution in [1.82, 2.24) is 0 Å². The van der Waals surface area contributed by atoms with Crippen molar-refractivity contribution in [2.24, 2.45) is 0 Å². The molecule has 2 N–H and O–H groups in total.